The van der Waals surface area contributed by atoms with E-state index in [4.69, 9.17) is 0 Å². The van der Waals surface area contributed by atoms with Crippen LogP contribution < -0.4 is 68.9 Å². The number of aryl methyl sites for hydroxylation is 1. The molecule has 0 unspecified atom stereocenters. The van der Waals surface area contributed by atoms with Crippen LogP contribution in [0.25, 0.3) is 0 Å². The van der Waals surface area contributed by atoms with E-state index in [9.17, 15) is 13.0 Å². The van der Waals surface area contributed by atoms with Gasteiger partial charge in [0.2, 0.25) is 0 Å². The summed E-state index contributed by atoms with van der Waals surface area (Å²) >= 11 is 0. The Bertz CT molecular complexity index is 355. The van der Waals surface area contributed by atoms with Crippen molar-refractivity contribution in [3.05, 3.63) is 29.8 Å². The third-order valence-corrected chi connectivity index (χ3v) is 2.47. The molecule has 0 bridgehead atoms. The Labute approximate surface area is 137 Å². The maximum absolute atomic E-state index is 10.5. The molecule has 5 heteroatoms. The molecule has 0 heterocycles. The minimum atomic E-state index is -4.28. The van der Waals surface area contributed by atoms with Crippen molar-refractivity contribution in [2.24, 2.45) is 0 Å². The molecule has 0 radical (unpaired) electrons. The fraction of sp³-hybridized carbons (Fsp3) is 0.250. The number of rotatable bonds is 2. The molecule has 0 amide bonds. The van der Waals surface area contributed by atoms with Crippen molar-refractivity contribution in [3.8, 4) is 0 Å². The standard InChI is InChI=1S/C8H10O3S.Cs/c1-2-7-3-5-8(6-4-7)12(9,10)11;/h3-6H,2H2,1H3,(H,9,10,11);/q;+1/p-1. The van der Waals surface area contributed by atoms with Crippen LogP contribution in [0, 0.1) is 0 Å². The van der Waals surface area contributed by atoms with E-state index in [0.717, 1.165) is 12.0 Å². The van der Waals surface area contributed by atoms with Crippen LogP contribution in [0.4, 0.5) is 0 Å². The summed E-state index contributed by atoms with van der Waals surface area (Å²) in [4.78, 5) is -0.167. The molecule has 0 saturated heterocycles. The van der Waals surface area contributed by atoms with Gasteiger partial charge in [-0.1, -0.05) is 19.1 Å². The third-order valence-electron chi connectivity index (χ3n) is 1.62. The molecule has 0 aromatic heterocycles. The molecule has 13 heavy (non-hydrogen) atoms. The molecular formula is C8H9CsO3S. The summed E-state index contributed by atoms with van der Waals surface area (Å²) in [6.45, 7) is 1.96. The molecule has 0 spiro atoms. The van der Waals surface area contributed by atoms with Crippen molar-refractivity contribution in [3.63, 3.8) is 0 Å². The van der Waals surface area contributed by atoms with Gasteiger partial charge in [-0.25, -0.2) is 8.42 Å². The van der Waals surface area contributed by atoms with Gasteiger partial charge in [0.1, 0.15) is 10.1 Å². The minimum Gasteiger partial charge on any atom is -0.744 e. The van der Waals surface area contributed by atoms with Gasteiger partial charge in [-0.2, -0.15) is 0 Å². The molecule has 0 aliphatic heterocycles. The van der Waals surface area contributed by atoms with Crippen molar-refractivity contribution in [2.45, 2.75) is 18.2 Å². The number of hydrogen-bond donors (Lipinski definition) is 0. The summed E-state index contributed by atoms with van der Waals surface area (Å²) in [5.41, 5.74) is 1.02. The first-order chi connectivity index (χ1) is 5.54. The van der Waals surface area contributed by atoms with Gasteiger partial charge in [0.25, 0.3) is 0 Å². The summed E-state index contributed by atoms with van der Waals surface area (Å²) in [6.07, 6.45) is 0.833. The first-order valence-corrected chi connectivity index (χ1v) is 4.99. The van der Waals surface area contributed by atoms with E-state index in [1.54, 1.807) is 12.1 Å². The smallest absolute Gasteiger partial charge is 0.744 e. The van der Waals surface area contributed by atoms with Crippen molar-refractivity contribution in [1.29, 1.82) is 0 Å². The summed E-state index contributed by atoms with van der Waals surface area (Å²) in [5, 5.41) is 0. The molecule has 0 aliphatic carbocycles. The third kappa shape index (κ3) is 4.48. The minimum absolute atomic E-state index is 0. The summed E-state index contributed by atoms with van der Waals surface area (Å²) in [7, 11) is -4.28. The maximum atomic E-state index is 10.5. The van der Waals surface area contributed by atoms with E-state index in [1.807, 2.05) is 6.92 Å². The van der Waals surface area contributed by atoms with E-state index < -0.39 is 10.1 Å². The molecule has 66 valence electrons. The molecule has 0 fully saturated rings. The Morgan fingerprint density at radius 1 is 1.23 bits per heavy atom. The van der Waals surface area contributed by atoms with Gasteiger partial charge in [-0.15, -0.1) is 0 Å². The van der Waals surface area contributed by atoms with Gasteiger partial charge in [-0.3, -0.25) is 0 Å². The fourth-order valence-electron chi connectivity index (χ4n) is 0.892. The topological polar surface area (TPSA) is 57.2 Å². The van der Waals surface area contributed by atoms with Crippen molar-refractivity contribution < 1.29 is 81.9 Å². The van der Waals surface area contributed by atoms with Crippen LogP contribution in [-0.2, 0) is 16.5 Å². The van der Waals surface area contributed by atoms with Crippen LogP contribution in [0.2, 0.25) is 0 Å². The molecular weight excluding hydrogens is 309 g/mol. The zero-order chi connectivity index (χ0) is 9.19. The molecule has 1 aromatic rings. The fourth-order valence-corrected chi connectivity index (χ4v) is 1.36. The largest absolute Gasteiger partial charge is 1.00 e. The zero-order valence-corrected chi connectivity index (χ0v) is 14.7. The molecule has 1 rings (SSSR count). The van der Waals surface area contributed by atoms with Crippen molar-refractivity contribution in [1.82, 2.24) is 0 Å². The van der Waals surface area contributed by atoms with Crippen LogP contribution >= 0.6 is 0 Å². The molecule has 0 saturated carbocycles. The van der Waals surface area contributed by atoms with E-state index in [2.05, 4.69) is 0 Å². The van der Waals surface area contributed by atoms with Crippen LogP contribution in [0.3, 0.4) is 0 Å². The van der Waals surface area contributed by atoms with E-state index >= 15 is 0 Å². The Morgan fingerprint density at radius 3 is 2.00 bits per heavy atom. The van der Waals surface area contributed by atoms with E-state index in [1.165, 1.54) is 12.1 Å². The van der Waals surface area contributed by atoms with Gasteiger partial charge in [-0.05, 0) is 24.1 Å². The molecule has 0 atom stereocenters. The van der Waals surface area contributed by atoms with Crippen LogP contribution in [0.5, 0.6) is 0 Å². The first-order valence-electron chi connectivity index (χ1n) is 3.59. The first kappa shape index (κ1) is 14.2. The summed E-state index contributed by atoms with van der Waals surface area (Å²) in [6, 6.07) is 5.96. The molecule has 1 aromatic carbocycles. The number of benzene rings is 1. The predicted molar refractivity (Wildman–Crippen MR) is 43.8 cm³/mol. The summed E-state index contributed by atoms with van der Waals surface area (Å²) in [5.74, 6) is 0. The van der Waals surface area contributed by atoms with Crippen molar-refractivity contribution >= 4 is 10.1 Å². The normalized spacial score (nSPS) is 10.6. The maximum Gasteiger partial charge on any atom is 1.00 e. The van der Waals surface area contributed by atoms with Gasteiger partial charge >= 0.3 is 68.9 Å². The second-order valence-corrected chi connectivity index (χ2v) is 3.83. The summed E-state index contributed by atoms with van der Waals surface area (Å²) < 4.78 is 31.4. The Morgan fingerprint density at radius 2 is 1.69 bits per heavy atom. The van der Waals surface area contributed by atoms with Gasteiger partial charge in [0, 0.05) is 0 Å². The quantitative estimate of drug-likeness (QED) is 0.602. The van der Waals surface area contributed by atoms with Crippen molar-refractivity contribution in [2.75, 3.05) is 0 Å². The average Bonchev–Trinajstić information content (AvgIpc) is 2.03. The molecule has 0 aliphatic rings. The second-order valence-electron chi connectivity index (χ2n) is 2.45. The van der Waals surface area contributed by atoms with Crippen LogP contribution in [0.1, 0.15) is 12.5 Å². The van der Waals surface area contributed by atoms with E-state index in [-0.39, 0.29) is 73.8 Å². The SMILES string of the molecule is CCc1ccc(S(=O)(=O)[O-])cc1.[Cs+]. The average molecular weight is 318 g/mol. The Hall–Kier alpha value is 1.18. The molecule has 0 N–H and O–H groups in total. The monoisotopic (exact) mass is 318 g/mol. The molecule has 3 nitrogen and oxygen atoms in total. The van der Waals surface area contributed by atoms with Gasteiger partial charge in [0.15, 0.2) is 0 Å². The van der Waals surface area contributed by atoms with Gasteiger partial charge in [0.05, 0.1) is 4.90 Å². The Balaban J connectivity index is 0.00000144. The zero-order valence-electron chi connectivity index (χ0n) is 7.65. The predicted octanol–water partition coefficient (Wildman–Crippen LogP) is -1.84. The Kier molecular flexibility index (Phi) is 6.46. The number of hydrogen-bond acceptors (Lipinski definition) is 3. The van der Waals surface area contributed by atoms with Crippen LogP contribution in [-0.4, -0.2) is 13.0 Å². The second kappa shape index (κ2) is 5.92. The van der Waals surface area contributed by atoms with E-state index in [0.29, 0.717) is 0 Å². The van der Waals surface area contributed by atoms with Crippen LogP contribution in [0.15, 0.2) is 29.2 Å². The van der Waals surface area contributed by atoms with Gasteiger partial charge < -0.3 is 4.55 Å².